The van der Waals surface area contributed by atoms with Gasteiger partial charge in [-0.1, -0.05) is 157 Å². The van der Waals surface area contributed by atoms with Gasteiger partial charge in [0.15, 0.2) is 16.9 Å². The van der Waals surface area contributed by atoms with Crippen molar-refractivity contribution in [2.24, 2.45) is 5.16 Å². The number of β-lactam (4-membered cyclic amide) rings is 1. The summed E-state index contributed by atoms with van der Waals surface area (Å²) >= 11 is 5.53. The molecule has 6 aromatic rings. The van der Waals surface area contributed by atoms with Crippen LogP contribution in [0.5, 0.6) is 0 Å². The predicted molar refractivity (Wildman–Crippen MR) is 251 cm³/mol. The lowest BCUT2D eigenvalue weighted by Gasteiger charge is -2.48. The maximum absolute atomic E-state index is 14.7. The minimum atomic E-state index is -1.81. The van der Waals surface area contributed by atoms with E-state index in [1.54, 1.807) is 20.8 Å². The first-order chi connectivity index (χ1) is 31.3. The van der Waals surface area contributed by atoms with Gasteiger partial charge in [0.05, 0.1) is 16.6 Å². The van der Waals surface area contributed by atoms with E-state index in [1.165, 1.54) is 5.38 Å². The zero-order valence-corrected chi connectivity index (χ0v) is 37.8. The average Bonchev–Trinajstić information content (AvgIpc) is 3.77. The third-order valence-electron chi connectivity index (χ3n) is 10.4. The normalized spacial score (nSPS) is 17.4. The molecule has 2 aliphatic heterocycles. The Bertz CT molecular complexity index is 2650. The number of benzene rings is 5. The highest BCUT2D eigenvalue weighted by Gasteiger charge is 2.57. The number of nitrogens with one attached hydrogen (secondary N) is 2. The number of esters is 1. The topological polar surface area (TPSA) is 166 Å². The summed E-state index contributed by atoms with van der Waals surface area (Å²) in [6.45, 7) is 5.16. The number of rotatable bonds is 13. The van der Waals surface area contributed by atoms with Crippen LogP contribution in [0.2, 0.25) is 0 Å². The Labute approximate surface area is 387 Å². The van der Waals surface area contributed by atoms with Crippen LogP contribution in [0.1, 0.15) is 60.4 Å². The van der Waals surface area contributed by atoms with Gasteiger partial charge in [-0.3, -0.25) is 24.0 Å². The Balaban J connectivity index is 1.13. The van der Waals surface area contributed by atoms with Crippen molar-refractivity contribution in [1.29, 1.82) is 0 Å². The molecule has 3 amide bonds. The Morgan fingerprint density at radius 2 is 1.29 bits per heavy atom. The van der Waals surface area contributed by atoms with Gasteiger partial charge < -0.3 is 19.6 Å². The highest BCUT2D eigenvalue weighted by Crippen LogP contribution is 2.42. The molecule has 3 atom stereocenters. The summed E-state index contributed by atoms with van der Waals surface area (Å²) in [5, 5.41) is 10.3. The zero-order chi connectivity index (χ0) is 45.7. The molecule has 330 valence electrons. The first-order valence-electron chi connectivity index (χ1n) is 20.5. The van der Waals surface area contributed by atoms with Crippen LogP contribution in [-0.2, 0) is 45.1 Å². The number of thiol groups is 1. The summed E-state index contributed by atoms with van der Waals surface area (Å²) in [5.74, 6) is -2.66. The Hall–Kier alpha value is -6.88. The molecule has 3 heterocycles. The molecular formula is C49H43N5O8S3. The smallest absolute Gasteiger partial charge is 0.413 e. The maximum Gasteiger partial charge on any atom is 0.413 e. The largest absolute Gasteiger partial charge is 0.448 e. The first kappa shape index (κ1) is 44.7. The molecule has 0 saturated carbocycles. The van der Waals surface area contributed by atoms with Gasteiger partial charge in [-0.2, -0.15) is 0 Å². The van der Waals surface area contributed by atoms with Gasteiger partial charge in [0.2, 0.25) is 5.60 Å². The average molecular weight is 926 g/mol. The van der Waals surface area contributed by atoms with Crippen LogP contribution in [0, 0.1) is 0 Å². The van der Waals surface area contributed by atoms with Crippen molar-refractivity contribution in [3.63, 3.8) is 0 Å². The Kier molecular flexibility index (Phi) is 13.1. The highest BCUT2D eigenvalue weighted by atomic mass is 32.2. The predicted octanol–water partition coefficient (Wildman–Crippen LogP) is 8.09. The molecule has 13 nitrogen and oxygen atoms in total. The van der Waals surface area contributed by atoms with E-state index < -0.39 is 63.4 Å². The number of anilines is 1. The number of carbonyl (C=O) groups is 4. The van der Waals surface area contributed by atoms with Crippen LogP contribution in [0.3, 0.4) is 0 Å². The molecule has 0 bridgehead atoms. The fourth-order valence-corrected chi connectivity index (χ4v) is 10.3. The van der Waals surface area contributed by atoms with Crippen molar-refractivity contribution < 1.29 is 37.7 Å². The summed E-state index contributed by atoms with van der Waals surface area (Å²) in [5.41, 5.74) is 0.685. The number of hydrogen-bond acceptors (Lipinski definition) is 12. The molecule has 1 aromatic heterocycles. The molecule has 2 aliphatic rings. The summed E-state index contributed by atoms with van der Waals surface area (Å²) in [7, 11) is -1.81. The fraction of sp³-hybridized carbons (Fsp3) is 0.184. The molecule has 1 fully saturated rings. The Morgan fingerprint density at radius 1 is 0.800 bits per heavy atom. The number of carbonyl (C=O) groups excluding carboxylic acids is 4. The maximum atomic E-state index is 14.7. The second-order valence-corrected chi connectivity index (χ2v) is 18.9. The van der Waals surface area contributed by atoms with Crippen molar-refractivity contribution in [1.82, 2.24) is 15.2 Å². The van der Waals surface area contributed by atoms with Gasteiger partial charge in [-0.25, -0.2) is 14.6 Å². The number of ether oxygens (including phenoxy) is 2. The molecule has 0 spiro atoms. The molecule has 65 heavy (non-hydrogen) atoms. The quantitative estimate of drug-likeness (QED) is 0.0259. The highest BCUT2D eigenvalue weighted by molar-refractivity contribution is 7.90. The monoisotopic (exact) mass is 925 g/mol. The lowest BCUT2D eigenvalue weighted by molar-refractivity contribution is -0.154. The Morgan fingerprint density at radius 3 is 1.78 bits per heavy atom. The van der Waals surface area contributed by atoms with Gasteiger partial charge in [0, 0.05) is 27.0 Å². The van der Waals surface area contributed by atoms with E-state index >= 15 is 0 Å². The van der Waals surface area contributed by atoms with E-state index in [4.69, 9.17) is 14.3 Å². The second-order valence-electron chi connectivity index (χ2n) is 16.0. The summed E-state index contributed by atoms with van der Waals surface area (Å²) in [6.07, 6.45) is -1.60. The standard InChI is InChI=1S/C49H43N5O8S3/c1-48(2,3)61-47(58)52-46-50-36(29-64-46)38(53-62-49(33-23-13-6-14-24-33,34-25-15-7-16-26-34)35-27-17-8-18-28-35)42(55)51-39-43(56)54-40(37(63)30-65(59)44(39)54)45(57)60-41(31-19-9-4-10-20-31)32-21-11-5-12-22-32/h4-29,39,41,44,63H,30H2,1-3H3,(H,51,55)(H,50,52,58)/b53-38-/t39-,44-,65?/m1/s1. The number of fused-ring (bicyclic) bond motifs is 1. The van der Waals surface area contributed by atoms with Crippen LogP contribution in [0.15, 0.2) is 173 Å². The number of hydrogen-bond donors (Lipinski definition) is 3. The number of thiazole rings is 1. The molecule has 2 N–H and O–H groups in total. The van der Waals surface area contributed by atoms with Gasteiger partial charge in [0.25, 0.3) is 11.8 Å². The van der Waals surface area contributed by atoms with Crippen LogP contribution in [0.25, 0.3) is 0 Å². The van der Waals surface area contributed by atoms with Crippen LogP contribution >= 0.6 is 24.0 Å². The molecular weight excluding hydrogens is 883 g/mol. The summed E-state index contributed by atoms with van der Waals surface area (Å²) in [4.78, 5) is 68.1. The van der Waals surface area contributed by atoms with Gasteiger partial charge in [-0.05, 0) is 31.9 Å². The van der Waals surface area contributed by atoms with Crippen LogP contribution < -0.4 is 10.6 Å². The minimum absolute atomic E-state index is 0.00953. The molecule has 16 heteroatoms. The van der Waals surface area contributed by atoms with E-state index in [9.17, 15) is 23.4 Å². The van der Waals surface area contributed by atoms with Crippen molar-refractivity contribution in [3.8, 4) is 0 Å². The summed E-state index contributed by atoms with van der Waals surface area (Å²) in [6, 6.07) is 45.0. The lowest BCUT2D eigenvalue weighted by Crippen LogP contribution is -2.74. The third-order valence-corrected chi connectivity index (χ3v) is 13.3. The van der Waals surface area contributed by atoms with E-state index in [0.29, 0.717) is 27.8 Å². The van der Waals surface area contributed by atoms with E-state index in [2.05, 4.69) is 33.4 Å². The van der Waals surface area contributed by atoms with E-state index in [0.717, 1.165) is 16.2 Å². The molecule has 1 saturated heterocycles. The van der Waals surface area contributed by atoms with Gasteiger partial charge >= 0.3 is 12.1 Å². The molecule has 1 unspecified atom stereocenters. The second kappa shape index (κ2) is 19.1. The molecule has 0 aliphatic carbocycles. The number of oxime groups is 1. The third kappa shape index (κ3) is 9.51. The van der Waals surface area contributed by atoms with Crippen LogP contribution in [0.4, 0.5) is 9.93 Å². The van der Waals surface area contributed by atoms with Crippen molar-refractivity contribution in [3.05, 3.63) is 201 Å². The molecule has 8 rings (SSSR count). The molecule has 5 aromatic carbocycles. The van der Waals surface area contributed by atoms with Crippen molar-refractivity contribution in [2.75, 3.05) is 11.1 Å². The first-order valence-corrected chi connectivity index (χ1v) is 23.2. The van der Waals surface area contributed by atoms with E-state index in [-0.39, 0.29) is 32.9 Å². The minimum Gasteiger partial charge on any atom is -0.448 e. The van der Waals surface area contributed by atoms with Crippen molar-refractivity contribution >= 4 is 69.5 Å². The fourth-order valence-electron chi connectivity index (χ4n) is 7.53. The number of amides is 3. The number of nitrogens with zero attached hydrogens (tertiary/aromatic N) is 3. The summed E-state index contributed by atoms with van der Waals surface area (Å²) < 4.78 is 25.3. The molecule has 0 radical (unpaired) electrons. The number of aromatic nitrogens is 1. The van der Waals surface area contributed by atoms with Gasteiger partial charge in [-0.15, -0.1) is 24.0 Å². The van der Waals surface area contributed by atoms with Gasteiger partial charge in [0.1, 0.15) is 28.4 Å². The SMILES string of the molecule is CC(C)(C)OC(=O)Nc1nc(/C(=N/OC(c2ccccc2)(c2ccccc2)c2ccccc2)C(=O)N[C@@H]2C(=O)N3C(C(=O)OC(c4ccccc4)c4ccccc4)=C(S)CS(=O)[C@H]23)cs1. The van der Waals surface area contributed by atoms with Crippen molar-refractivity contribution in [2.45, 2.75) is 49.5 Å². The van der Waals surface area contributed by atoms with E-state index in [1.807, 2.05) is 152 Å². The zero-order valence-electron chi connectivity index (χ0n) is 35.3. The lowest BCUT2D eigenvalue weighted by atomic mass is 9.80. The van der Waals surface area contributed by atoms with Crippen LogP contribution in [-0.4, -0.2) is 66.5 Å².